The Bertz CT molecular complexity index is 1040. The van der Waals surface area contributed by atoms with Crippen LogP contribution in [0.1, 0.15) is 50.0 Å². The van der Waals surface area contributed by atoms with Gasteiger partial charge in [0.1, 0.15) is 12.3 Å². The second-order valence-electron chi connectivity index (χ2n) is 8.06. The molecule has 2 N–H and O–H groups in total. The zero-order valence-electron chi connectivity index (χ0n) is 17.2. The molecule has 0 radical (unpaired) electrons. The standard InChI is InChI=1S/C23H22BrNO7/c24-13-9-12(7-8-18(13)32-11-20(30)31)21-22-14(3-1-5-16(22)26)25(10-19(28)29)15-4-2-6-17(27)23(15)21/h7-9,21H,1-6,10-11H2,(H,28,29)(H,30,31). The molecule has 0 amide bonds. The maximum atomic E-state index is 13.1. The molecule has 1 aromatic carbocycles. The quantitative estimate of drug-likeness (QED) is 0.605. The molecule has 0 saturated heterocycles. The van der Waals surface area contributed by atoms with E-state index in [4.69, 9.17) is 9.84 Å². The summed E-state index contributed by atoms with van der Waals surface area (Å²) in [5.74, 6) is -2.49. The van der Waals surface area contributed by atoms with E-state index in [-0.39, 0.29) is 18.1 Å². The highest BCUT2D eigenvalue weighted by Gasteiger charge is 2.43. The Labute approximate surface area is 192 Å². The van der Waals surface area contributed by atoms with Gasteiger partial charge in [0.25, 0.3) is 0 Å². The third-order valence-electron chi connectivity index (χ3n) is 6.02. The highest BCUT2D eigenvalue weighted by molar-refractivity contribution is 9.10. The number of Topliss-reactive ketones (excluding diaryl/α,β-unsaturated/α-hetero) is 2. The van der Waals surface area contributed by atoms with Gasteiger partial charge in [0.2, 0.25) is 0 Å². The topological polar surface area (TPSA) is 121 Å². The van der Waals surface area contributed by atoms with E-state index in [1.165, 1.54) is 0 Å². The number of benzene rings is 1. The van der Waals surface area contributed by atoms with Crippen molar-refractivity contribution in [2.45, 2.75) is 44.4 Å². The van der Waals surface area contributed by atoms with Crippen LogP contribution < -0.4 is 4.74 Å². The van der Waals surface area contributed by atoms with Gasteiger partial charge in [-0.05, 0) is 59.3 Å². The van der Waals surface area contributed by atoms with Crippen LogP contribution in [0.5, 0.6) is 5.75 Å². The highest BCUT2D eigenvalue weighted by Crippen LogP contribution is 2.49. The van der Waals surface area contributed by atoms with E-state index in [1.807, 2.05) is 0 Å². The molecule has 32 heavy (non-hydrogen) atoms. The number of carbonyl (C=O) groups is 4. The number of carbonyl (C=O) groups excluding carboxylic acids is 2. The number of carboxylic acids is 2. The van der Waals surface area contributed by atoms with Crippen molar-refractivity contribution in [3.8, 4) is 5.75 Å². The molecule has 1 aromatic rings. The summed E-state index contributed by atoms with van der Waals surface area (Å²) < 4.78 is 5.79. The van der Waals surface area contributed by atoms with E-state index in [1.54, 1.807) is 23.1 Å². The predicted molar refractivity (Wildman–Crippen MR) is 116 cm³/mol. The molecule has 1 heterocycles. The number of hydrogen-bond acceptors (Lipinski definition) is 6. The summed E-state index contributed by atoms with van der Waals surface area (Å²) in [4.78, 5) is 50.3. The molecule has 8 nitrogen and oxygen atoms in total. The molecule has 3 aliphatic rings. The van der Waals surface area contributed by atoms with Gasteiger partial charge in [0, 0.05) is 41.3 Å². The zero-order chi connectivity index (χ0) is 23.0. The molecule has 0 saturated carbocycles. The lowest BCUT2D eigenvalue weighted by atomic mass is 9.71. The van der Waals surface area contributed by atoms with E-state index in [0.29, 0.717) is 76.9 Å². The van der Waals surface area contributed by atoms with Crippen molar-refractivity contribution in [3.63, 3.8) is 0 Å². The van der Waals surface area contributed by atoms with Crippen molar-refractivity contribution < 1.29 is 34.1 Å². The van der Waals surface area contributed by atoms with Crippen LogP contribution in [-0.4, -0.2) is 51.8 Å². The Hall–Kier alpha value is -2.94. The Morgan fingerprint density at radius 3 is 2.06 bits per heavy atom. The lowest BCUT2D eigenvalue weighted by Crippen LogP contribution is -2.41. The van der Waals surface area contributed by atoms with Crippen molar-refractivity contribution in [1.82, 2.24) is 4.90 Å². The first-order valence-corrected chi connectivity index (χ1v) is 11.2. The fraction of sp³-hybridized carbons (Fsp3) is 0.391. The van der Waals surface area contributed by atoms with Gasteiger partial charge >= 0.3 is 11.9 Å². The fourth-order valence-electron chi connectivity index (χ4n) is 4.83. The zero-order valence-corrected chi connectivity index (χ0v) is 18.8. The number of aliphatic carboxylic acids is 2. The monoisotopic (exact) mass is 503 g/mol. The number of nitrogens with zero attached hydrogens (tertiary/aromatic N) is 1. The number of hydrogen-bond donors (Lipinski definition) is 2. The normalized spacial score (nSPS) is 19.1. The molecular formula is C23H22BrNO7. The molecule has 0 atom stereocenters. The van der Waals surface area contributed by atoms with Crippen LogP contribution in [-0.2, 0) is 19.2 Å². The number of halogens is 1. The van der Waals surface area contributed by atoms with Crippen LogP contribution in [0.2, 0.25) is 0 Å². The Morgan fingerprint density at radius 1 is 0.969 bits per heavy atom. The summed E-state index contributed by atoms with van der Waals surface area (Å²) in [6.45, 7) is -0.774. The third kappa shape index (κ3) is 4.09. The Morgan fingerprint density at radius 2 is 1.56 bits per heavy atom. The fourth-order valence-corrected chi connectivity index (χ4v) is 5.34. The Kier molecular flexibility index (Phi) is 6.19. The van der Waals surface area contributed by atoms with E-state index in [2.05, 4.69) is 15.9 Å². The third-order valence-corrected chi connectivity index (χ3v) is 6.64. The average Bonchev–Trinajstić information content (AvgIpc) is 2.73. The minimum atomic E-state index is -1.10. The minimum absolute atomic E-state index is 0.0705. The Balaban J connectivity index is 1.85. The van der Waals surface area contributed by atoms with Crippen molar-refractivity contribution >= 4 is 39.4 Å². The van der Waals surface area contributed by atoms with Crippen molar-refractivity contribution in [2.75, 3.05) is 13.2 Å². The summed E-state index contributed by atoms with van der Waals surface area (Å²) in [7, 11) is 0. The van der Waals surface area contributed by atoms with Gasteiger partial charge < -0.3 is 19.8 Å². The number of ether oxygens (including phenoxy) is 1. The second-order valence-corrected chi connectivity index (χ2v) is 8.91. The molecule has 0 bridgehead atoms. The van der Waals surface area contributed by atoms with Crippen LogP contribution in [0.4, 0.5) is 0 Å². The van der Waals surface area contributed by atoms with Crippen LogP contribution in [0, 0.1) is 0 Å². The summed E-state index contributed by atoms with van der Waals surface area (Å²) in [6, 6.07) is 5.10. The van der Waals surface area contributed by atoms with E-state index < -0.39 is 24.5 Å². The van der Waals surface area contributed by atoms with Crippen molar-refractivity contribution in [2.24, 2.45) is 0 Å². The van der Waals surface area contributed by atoms with Crippen molar-refractivity contribution in [3.05, 3.63) is 50.8 Å². The molecule has 9 heteroatoms. The van der Waals surface area contributed by atoms with Gasteiger partial charge in [-0.2, -0.15) is 0 Å². The maximum Gasteiger partial charge on any atom is 0.341 e. The highest BCUT2D eigenvalue weighted by atomic mass is 79.9. The van der Waals surface area contributed by atoms with E-state index >= 15 is 0 Å². The number of allylic oxidation sites excluding steroid dienone is 4. The lowest BCUT2D eigenvalue weighted by Gasteiger charge is -2.43. The number of ketones is 2. The molecule has 0 aromatic heterocycles. The number of carboxylic acid groups (broad SMARTS) is 2. The minimum Gasteiger partial charge on any atom is -0.481 e. The summed E-state index contributed by atoms with van der Waals surface area (Å²) >= 11 is 3.41. The SMILES string of the molecule is O=C(O)COc1ccc(C2C3=C(CCCC3=O)N(CC(=O)O)C3=C2C(=O)CCC3)cc1Br. The van der Waals surface area contributed by atoms with Crippen LogP contribution >= 0.6 is 15.9 Å². The lowest BCUT2D eigenvalue weighted by molar-refractivity contribution is -0.139. The predicted octanol–water partition coefficient (Wildman–Crippen LogP) is 3.41. The van der Waals surface area contributed by atoms with Gasteiger partial charge in [-0.25, -0.2) is 4.79 Å². The molecule has 2 aliphatic carbocycles. The first kappa shape index (κ1) is 22.3. The largest absolute Gasteiger partial charge is 0.481 e. The molecule has 0 spiro atoms. The first-order valence-electron chi connectivity index (χ1n) is 10.4. The molecule has 4 rings (SSSR count). The van der Waals surface area contributed by atoms with Gasteiger partial charge in [0.15, 0.2) is 18.2 Å². The summed E-state index contributed by atoms with van der Waals surface area (Å²) in [6.07, 6.45) is 3.15. The van der Waals surface area contributed by atoms with Gasteiger partial charge in [-0.3, -0.25) is 14.4 Å². The van der Waals surface area contributed by atoms with Gasteiger partial charge in [-0.15, -0.1) is 0 Å². The molecule has 168 valence electrons. The summed E-state index contributed by atoms with van der Waals surface area (Å²) in [5.41, 5.74) is 3.10. The van der Waals surface area contributed by atoms with E-state index in [0.717, 1.165) is 0 Å². The smallest absolute Gasteiger partial charge is 0.341 e. The molecule has 0 unspecified atom stereocenters. The summed E-state index contributed by atoms with van der Waals surface area (Å²) in [5, 5.41) is 18.4. The molecular weight excluding hydrogens is 482 g/mol. The van der Waals surface area contributed by atoms with Gasteiger partial charge in [-0.1, -0.05) is 6.07 Å². The van der Waals surface area contributed by atoms with Crippen LogP contribution in [0.3, 0.4) is 0 Å². The number of rotatable bonds is 6. The molecule has 1 aliphatic heterocycles. The average molecular weight is 504 g/mol. The first-order chi connectivity index (χ1) is 15.3. The van der Waals surface area contributed by atoms with Gasteiger partial charge in [0.05, 0.1) is 4.47 Å². The van der Waals surface area contributed by atoms with Crippen LogP contribution in [0.25, 0.3) is 0 Å². The second kappa shape index (κ2) is 8.90. The van der Waals surface area contributed by atoms with Crippen molar-refractivity contribution in [1.29, 1.82) is 0 Å². The van der Waals surface area contributed by atoms with Crippen LogP contribution in [0.15, 0.2) is 45.2 Å². The maximum absolute atomic E-state index is 13.1. The van der Waals surface area contributed by atoms with E-state index in [9.17, 15) is 24.3 Å². The molecule has 0 fully saturated rings.